The van der Waals surface area contributed by atoms with E-state index in [9.17, 15) is 4.79 Å². The van der Waals surface area contributed by atoms with Crippen LogP contribution >= 0.6 is 0 Å². The molecule has 0 aromatic heterocycles. The second kappa shape index (κ2) is 4.34. The SMILES string of the molecule is CCOC(=O)C1(C)CCCC2(C1)OCCO2. The van der Waals surface area contributed by atoms with Gasteiger partial charge in [-0.1, -0.05) is 0 Å². The maximum absolute atomic E-state index is 11.9. The zero-order chi connectivity index (χ0) is 11.6. The lowest BCUT2D eigenvalue weighted by Crippen LogP contribution is -2.45. The first-order chi connectivity index (χ1) is 7.60. The summed E-state index contributed by atoms with van der Waals surface area (Å²) in [7, 11) is 0. The molecule has 0 amide bonds. The number of hydrogen-bond acceptors (Lipinski definition) is 4. The Morgan fingerprint density at radius 2 is 2.00 bits per heavy atom. The average Bonchev–Trinajstić information content (AvgIpc) is 2.66. The first-order valence-corrected chi connectivity index (χ1v) is 6.05. The Morgan fingerprint density at radius 3 is 2.62 bits per heavy atom. The summed E-state index contributed by atoms with van der Waals surface area (Å²) in [5.41, 5.74) is -0.446. The topological polar surface area (TPSA) is 44.8 Å². The highest BCUT2D eigenvalue weighted by Gasteiger charge is 2.50. The van der Waals surface area contributed by atoms with Gasteiger partial charge in [0.1, 0.15) is 0 Å². The minimum atomic E-state index is -0.514. The molecule has 0 radical (unpaired) electrons. The van der Waals surface area contributed by atoms with Crippen LogP contribution in [0.4, 0.5) is 0 Å². The fraction of sp³-hybridized carbons (Fsp3) is 0.917. The third-order valence-electron chi connectivity index (χ3n) is 3.53. The van der Waals surface area contributed by atoms with Crippen LogP contribution < -0.4 is 0 Å². The lowest BCUT2D eigenvalue weighted by Gasteiger charge is -2.41. The highest BCUT2D eigenvalue weighted by molar-refractivity contribution is 5.76. The van der Waals surface area contributed by atoms with Crippen LogP contribution in [0.3, 0.4) is 0 Å². The highest BCUT2D eigenvalue weighted by Crippen LogP contribution is 2.46. The standard InChI is InChI=1S/C12H20O4/c1-3-14-10(13)11(2)5-4-6-12(9-11)15-7-8-16-12/h3-9H2,1-2H3. The molecule has 1 atom stereocenters. The molecule has 92 valence electrons. The van der Waals surface area contributed by atoms with Gasteiger partial charge in [0.15, 0.2) is 5.79 Å². The molecule has 1 aliphatic heterocycles. The van der Waals surface area contributed by atoms with Crippen molar-refractivity contribution in [3.05, 3.63) is 0 Å². The maximum atomic E-state index is 11.9. The summed E-state index contributed by atoms with van der Waals surface area (Å²) >= 11 is 0. The fourth-order valence-corrected chi connectivity index (χ4v) is 2.74. The Hall–Kier alpha value is -0.610. The van der Waals surface area contributed by atoms with Crippen LogP contribution in [0.15, 0.2) is 0 Å². The quantitative estimate of drug-likeness (QED) is 0.677. The van der Waals surface area contributed by atoms with E-state index in [2.05, 4.69) is 0 Å². The molecule has 16 heavy (non-hydrogen) atoms. The number of hydrogen-bond donors (Lipinski definition) is 0. The summed E-state index contributed by atoms with van der Waals surface area (Å²) in [6, 6.07) is 0. The summed E-state index contributed by atoms with van der Waals surface area (Å²) in [5, 5.41) is 0. The van der Waals surface area contributed by atoms with E-state index in [1.54, 1.807) is 0 Å². The zero-order valence-electron chi connectivity index (χ0n) is 10.1. The number of esters is 1. The largest absolute Gasteiger partial charge is 0.466 e. The van der Waals surface area contributed by atoms with Gasteiger partial charge in [-0.05, 0) is 26.7 Å². The fourth-order valence-electron chi connectivity index (χ4n) is 2.74. The van der Waals surface area contributed by atoms with Crippen LogP contribution in [0.1, 0.15) is 39.5 Å². The van der Waals surface area contributed by atoms with Crippen molar-refractivity contribution in [3.63, 3.8) is 0 Å². The highest BCUT2D eigenvalue weighted by atomic mass is 16.7. The summed E-state index contributed by atoms with van der Waals surface area (Å²) in [6.07, 6.45) is 3.33. The summed E-state index contributed by atoms with van der Waals surface area (Å²) in [5.74, 6) is -0.632. The third kappa shape index (κ3) is 2.09. The minimum absolute atomic E-state index is 0.117. The Labute approximate surface area is 96.2 Å². The molecule has 2 aliphatic rings. The van der Waals surface area contributed by atoms with Crippen LogP contribution in [0.2, 0.25) is 0 Å². The van der Waals surface area contributed by atoms with Gasteiger partial charge in [0.25, 0.3) is 0 Å². The molecule has 1 unspecified atom stereocenters. The average molecular weight is 228 g/mol. The Bertz CT molecular complexity index is 270. The van der Waals surface area contributed by atoms with E-state index in [0.717, 1.165) is 19.3 Å². The molecule has 1 spiro atoms. The molecule has 4 heteroatoms. The zero-order valence-corrected chi connectivity index (χ0v) is 10.1. The number of carbonyl (C=O) groups excluding carboxylic acids is 1. The van der Waals surface area contributed by atoms with E-state index in [4.69, 9.17) is 14.2 Å². The van der Waals surface area contributed by atoms with Gasteiger partial charge in [0.05, 0.1) is 25.2 Å². The van der Waals surface area contributed by atoms with Gasteiger partial charge in [-0.25, -0.2) is 0 Å². The Kier molecular flexibility index (Phi) is 3.22. The lowest BCUT2D eigenvalue weighted by molar-refractivity contribution is -0.209. The molecule has 2 rings (SSSR count). The Morgan fingerprint density at radius 1 is 1.31 bits per heavy atom. The smallest absolute Gasteiger partial charge is 0.311 e. The Balaban J connectivity index is 2.07. The van der Waals surface area contributed by atoms with Gasteiger partial charge in [-0.15, -0.1) is 0 Å². The number of carbonyl (C=O) groups is 1. The molecule has 0 bridgehead atoms. The lowest BCUT2D eigenvalue weighted by atomic mass is 9.73. The van der Waals surface area contributed by atoms with Gasteiger partial charge in [0, 0.05) is 12.8 Å². The van der Waals surface area contributed by atoms with E-state index < -0.39 is 11.2 Å². The summed E-state index contributed by atoms with van der Waals surface area (Å²) < 4.78 is 16.5. The van der Waals surface area contributed by atoms with Crippen molar-refractivity contribution in [2.75, 3.05) is 19.8 Å². The van der Waals surface area contributed by atoms with E-state index >= 15 is 0 Å². The first-order valence-electron chi connectivity index (χ1n) is 6.05. The molecule has 0 N–H and O–H groups in total. The maximum Gasteiger partial charge on any atom is 0.311 e. The predicted molar refractivity (Wildman–Crippen MR) is 57.8 cm³/mol. The van der Waals surface area contributed by atoms with Gasteiger partial charge < -0.3 is 14.2 Å². The molecular formula is C12H20O4. The normalized spacial score (nSPS) is 32.9. The van der Waals surface area contributed by atoms with Crippen molar-refractivity contribution < 1.29 is 19.0 Å². The van der Waals surface area contributed by atoms with Crippen LogP contribution in [0, 0.1) is 5.41 Å². The molecule has 1 heterocycles. The van der Waals surface area contributed by atoms with Crippen molar-refractivity contribution in [1.82, 2.24) is 0 Å². The van der Waals surface area contributed by atoms with Crippen LogP contribution in [0.5, 0.6) is 0 Å². The second-order valence-electron chi connectivity index (χ2n) is 4.92. The predicted octanol–water partition coefficient (Wildman–Crippen LogP) is 1.87. The van der Waals surface area contributed by atoms with Gasteiger partial charge in [0.2, 0.25) is 0 Å². The van der Waals surface area contributed by atoms with Crippen molar-refractivity contribution in [3.8, 4) is 0 Å². The van der Waals surface area contributed by atoms with E-state index in [-0.39, 0.29) is 5.97 Å². The molecule has 1 aliphatic carbocycles. The molecule has 4 nitrogen and oxygen atoms in total. The summed E-state index contributed by atoms with van der Waals surface area (Å²) in [4.78, 5) is 11.9. The third-order valence-corrected chi connectivity index (χ3v) is 3.53. The van der Waals surface area contributed by atoms with Crippen LogP contribution in [-0.2, 0) is 19.0 Å². The van der Waals surface area contributed by atoms with Crippen LogP contribution in [0.25, 0.3) is 0 Å². The van der Waals surface area contributed by atoms with Crippen molar-refractivity contribution >= 4 is 5.97 Å². The van der Waals surface area contributed by atoms with Crippen molar-refractivity contribution in [1.29, 1.82) is 0 Å². The summed E-state index contributed by atoms with van der Waals surface area (Å²) in [6.45, 7) is 5.50. The van der Waals surface area contributed by atoms with E-state index in [0.29, 0.717) is 26.2 Å². The number of ether oxygens (including phenoxy) is 3. The molecule has 1 saturated carbocycles. The molecule has 0 aromatic carbocycles. The molecular weight excluding hydrogens is 208 g/mol. The van der Waals surface area contributed by atoms with Gasteiger partial charge in [-0.3, -0.25) is 4.79 Å². The van der Waals surface area contributed by atoms with Gasteiger partial charge in [-0.2, -0.15) is 0 Å². The van der Waals surface area contributed by atoms with Gasteiger partial charge >= 0.3 is 5.97 Å². The van der Waals surface area contributed by atoms with E-state index in [1.807, 2.05) is 13.8 Å². The van der Waals surface area contributed by atoms with Crippen LogP contribution in [-0.4, -0.2) is 31.6 Å². The van der Waals surface area contributed by atoms with E-state index in [1.165, 1.54) is 0 Å². The first kappa shape index (κ1) is 11.9. The molecule has 2 fully saturated rings. The second-order valence-corrected chi connectivity index (χ2v) is 4.92. The monoisotopic (exact) mass is 228 g/mol. The minimum Gasteiger partial charge on any atom is -0.466 e. The van der Waals surface area contributed by atoms with Crippen molar-refractivity contribution in [2.45, 2.75) is 45.3 Å². The molecule has 0 aromatic rings. The number of rotatable bonds is 2. The molecule has 1 saturated heterocycles. The van der Waals surface area contributed by atoms with Crippen molar-refractivity contribution in [2.24, 2.45) is 5.41 Å².